The van der Waals surface area contributed by atoms with Gasteiger partial charge in [-0.25, -0.2) is 0 Å². The van der Waals surface area contributed by atoms with Crippen LogP contribution in [-0.2, 0) is 10.2 Å². The molecule has 2 rings (SSSR count). The van der Waals surface area contributed by atoms with Crippen molar-refractivity contribution in [2.24, 2.45) is 0 Å². The number of amides is 1. The van der Waals surface area contributed by atoms with E-state index >= 15 is 0 Å². The molecule has 0 fully saturated rings. The molecule has 0 aliphatic heterocycles. The molecule has 0 aliphatic rings. The number of hydrogen-bond acceptors (Lipinski definition) is 4. The highest BCUT2D eigenvalue weighted by molar-refractivity contribution is 7.15. The lowest BCUT2D eigenvalue weighted by Crippen LogP contribution is -2.10. The molecule has 1 aromatic carbocycles. The molecule has 0 saturated heterocycles. The first kappa shape index (κ1) is 15.7. The zero-order chi connectivity index (χ0) is 15.5. The van der Waals surface area contributed by atoms with E-state index in [1.165, 1.54) is 17.4 Å². The van der Waals surface area contributed by atoms with Crippen LogP contribution < -0.4 is 5.32 Å². The van der Waals surface area contributed by atoms with Crippen molar-refractivity contribution in [2.45, 2.75) is 26.2 Å². The Morgan fingerprint density at radius 1 is 1.24 bits per heavy atom. The van der Waals surface area contributed by atoms with Crippen LogP contribution in [0.25, 0.3) is 6.08 Å². The number of hydrogen-bond donors (Lipinski definition) is 1. The van der Waals surface area contributed by atoms with Gasteiger partial charge in [-0.05, 0) is 23.8 Å². The summed E-state index contributed by atoms with van der Waals surface area (Å²) < 4.78 is 0. The van der Waals surface area contributed by atoms with Gasteiger partial charge in [-0.1, -0.05) is 55.8 Å². The smallest absolute Gasteiger partial charge is 0.250 e. The first-order valence-electron chi connectivity index (χ1n) is 6.43. The highest BCUT2D eigenvalue weighted by Gasteiger charge is 2.19. The van der Waals surface area contributed by atoms with Gasteiger partial charge < -0.3 is 0 Å². The maximum Gasteiger partial charge on any atom is 0.250 e. The Labute approximate surface area is 132 Å². The summed E-state index contributed by atoms with van der Waals surface area (Å²) in [6.07, 6.45) is 3.18. The lowest BCUT2D eigenvalue weighted by molar-refractivity contribution is -0.111. The molecule has 0 radical (unpaired) electrons. The van der Waals surface area contributed by atoms with E-state index in [2.05, 4.69) is 36.3 Å². The number of anilines is 1. The van der Waals surface area contributed by atoms with Gasteiger partial charge in [-0.15, -0.1) is 10.2 Å². The Morgan fingerprint density at radius 2 is 1.90 bits per heavy atom. The normalized spacial score (nSPS) is 11.8. The second kappa shape index (κ2) is 6.37. The highest BCUT2D eigenvalue weighted by Crippen LogP contribution is 2.27. The van der Waals surface area contributed by atoms with E-state index in [1.54, 1.807) is 18.2 Å². The van der Waals surface area contributed by atoms with E-state index < -0.39 is 0 Å². The van der Waals surface area contributed by atoms with Crippen molar-refractivity contribution in [2.75, 3.05) is 5.32 Å². The number of aromatic nitrogens is 2. The number of rotatable bonds is 3. The van der Waals surface area contributed by atoms with Crippen molar-refractivity contribution >= 4 is 40.1 Å². The van der Waals surface area contributed by atoms with E-state index in [4.69, 9.17) is 11.6 Å². The lowest BCUT2D eigenvalue weighted by Gasteiger charge is -2.12. The lowest BCUT2D eigenvalue weighted by atomic mass is 9.98. The van der Waals surface area contributed by atoms with E-state index in [1.807, 2.05) is 12.1 Å². The fourth-order valence-electron chi connectivity index (χ4n) is 1.47. The third-order valence-corrected chi connectivity index (χ3v) is 4.11. The van der Waals surface area contributed by atoms with E-state index in [9.17, 15) is 4.79 Å². The third kappa shape index (κ3) is 4.65. The number of carbonyl (C=O) groups is 1. The molecule has 4 nitrogen and oxygen atoms in total. The van der Waals surface area contributed by atoms with Crippen molar-refractivity contribution in [1.82, 2.24) is 10.2 Å². The first-order chi connectivity index (χ1) is 9.84. The van der Waals surface area contributed by atoms with Crippen LogP contribution >= 0.6 is 22.9 Å². The third-order valence-electron chi connectivity index (χ3n) is 2.59. The minimum atomic E-state index is -0.235. The largest absolute Gasteiger partial charge is 0.297 e. The Hall–Kier alpha value is -1.72. The molecule has 0 bridgehead atoms. The summed E-state index contributed by atoms with van der Waals surface area (Å²) in [5.41, 5.74) is 0.835. The molecule has 21 heavy (non-hydrogen) atoms. The first-order valence-corrected chi connectivity index (χ1v) is 7.63. The number of nitrogens with one attached hydrogen (secondary N) is 1. The van der Waals surface area contributed by atoms with Crippen LogP contribution in [0.2, 0.25) is 5.02 Å². The Bertz CT molecular complexity index is 656. The van der Waals surface area contributed by atoms with Crippen molar-refractivity contribution < 1.29 is 4.79 Å². The van der Waals surface area contributed by atoms with Crippen LogP contribution in [-0.4, -0.2) is 16.1 Å². The van der Waals surface area contributed by atoms with Gasteiger partial charge in [0.05, 0.1) is 0 Å². The zero-order valence-electron chi connectivity index (χ0n) is 12.1. The van der Waals surface area contributed by atoms with E-state index in [0.29, 0.717) is 10.2 Å². The minimum Gasteiger partial charge on any atom is -0.297 e. The van der Waals surface area contributed by atoms with Crippen LogP contribution in [0, 0.1) is 0 Å². The second-order valence-corrected chi connectivity index (χ2v) is 6.95. The number of nitrogens with zero attached hydrogens (tertiary/aromatic N) is 2. The quantitative estimate of drug-likeness (QED) is 0.864. The average Bonchev–Trinajstić information content (AvgIpc) is 2.86. The Morgan fingerprint density at radius 3 is 2.48 bits per heavy atom. The monoisotopic (exact) mass is 321 g/mol. The standard InChI is InChI=1S/C15H16ClN3OS/c1-15(2,3)13-18-19-14(21-13)17-12(20)9-6-10-4-7-11(16)8-5-10/h4-9H,1-3H3,(H,17,19,20)/b9-6+. The van der Waals surface area contributed by atoms with E-state index in [0.717, 1.165) is 10.6 Å². The molecule has 6 heteroatoms. The van der Waals surface area contributed by atoms with Gasteiger partial charge in [0.1, 0.15) is 5.01 Å². The number of halogens is 1. The molecule has 1 amide bonds. The fraction of sp³-hybridized carbons (Fsp3) is 0.267. The van der Waals surface area contributed by atoms with Crippen LogP contribution in [0.4, 0.5) is 5.13 Å². The maximum absolute atomic E-state index is 11.8. The summed E-state index contributed by atoms with van der Waals surface area (Å²) in [6.45, 7) is 6.17. The molecule has 0 spiro atoms. The summed E-state index contributed by atoms with van der Waals surface area (Å²) in [7, 11) is 0. The summed E-state index contributed by atoms with van der Waals surface area (Å²) in [4.78, 5) is 11.8. The van der Waals surface area contributed by atoms with Crippen LogP contribution in [0.15, 0.2) is 30.3 Å². The molecule has 1 heterocycles. The molecule has 0 atom stereocenters. The van der Waals surface area contributed by atoms with Crippen molar-refractivity contribution in [3.63, 3.8) is 0 Å². The fourth-order valence-corrected chi connectivity index (χ4v) is 2.40. The molecule has 1 N–H and O–H groups in total. The average molecular weight is 322 g/mol. The second-order valence-electron chi connectivity index (χ2n) is 5.54. The molecule has 0 unspecified atom stereocenters. The van der Waals surface area contributed by atoms with Gasteiger partial charge in [-0.3, -0.25) is 10.1 Å². The maximum atomic E-state index is 11.8. The van der Waals surface area contributed by atoms with Crippen LogP contribution in [0.5, 0.6) is 0 Å². The predicted molar refractivity (Wildman–Crippen MR) is 87.7 cm³/mol. The topological polar surface area (TPSA) is 54.9 Å². The van der Waals surface area contributed by atoms with Gasteiger partial charge in [0.25, 0.3) is 0 Å². The molecule has 0 aliphatic carbocycles. The van der Waals surface area contributed by atoms with Gasteiger partial charge in [0.15, 0.2) is 0 Å². The van der Waals surface area contributed by atoms with Crippen molar-refractivity contribution in [1.29, 1.82) is 0 Å². The molecular formula is C15H16ClN3OS. The Balaban J connectivity index is 1.98. The van der Waals surface area contributed by atoms with Crippen LogP contribution in [0.3, 0.4) is 0 Å². The SMILES string of the molecule is CC(C)(C)c1nnc(NC(=O)/C=C/c2ccc(Cl)cc2)s1. The molecule has 2 aromatic rings. The van der Waals surface area contributed by atoms with Gasteiger partial charge in [-0.2, -0.15) is 0 Å². The number of benzene rings is 1. The van der Waals surface area contributed by atoms with Crippen molar-refractivity contribution in [3.05, 3.63) is 45.9 Å². The molecule has 0 saturated carbocycles. The summed E-state index contributed by atoms with van der Waals surface area (Å²) in [6, 6.07) is 7.24. The molecule has 110 valence electrons. The summed E-state index contributed by atoms with van der Waals surface area (Å²) in [5, 5.41) is 12.8. The Kier molecular flexibility index (Phi) is 4.75. The summed E-state index contributed by atoms with van der Waals surface area (Å²) >= 11 is 7.19. The van der Waals surface area contributed by atoms with Gasteiger partial charge in [0.2, 0.25) is 11.0 Å². The zero-order valence-corrected chi connectivity index (χ0v) is 13.6. The van der Waals surface area contributed by atoms with Gasteiger partial charge >= 0.3 is 0 Å². The van der Waals surface area contributed by atoms with Crippen LogP contribution in [0.1, 0.15) is 31.3 Å². The summed E-state index contributed by atoms with van der Waals surface area (Å²) in [5.74, 6) is -0.235. The highest BCUT2D eigenvalue weighted by atomic mass is 35.5. The molecular weight excluding hydrogens is 306 g/mol. The van der Waals surface area contributed by atoms with Gasteiger partial charge in [0, 0.05) is 16.5 Å². The minimum absolute atomic E-state index is 0.0697. The predicted octanol–water partition coefficient (Wildman–Crippen LogP) is 4.14. The number of carbonyl (C=O) groups excluding carboxylic acids is 1. The van der Waals surface area contributed by atoms with E-state index in [-0.39, 0.29) is 11.3 Å². The van der Waals surface area contributed by atoms with Crippen molar-refractivity contribution in [3.8, 4) is 0 Å². The molecule has 1 aromatic heterocycles.